The van der Waals surface area contributed by atoms with Crippen LogP contribution in [0, 0.1) is 0 Å². The van der Waals surface area contributed by atoms with Crippen molar-refractivity contribution in [2.75, 3.05) is 26.9 Å². The number of amides is 1. The highest BCUT2D eigenvalue weighted by molar-refractivity contribution is 6.46. The molecular weight excluding hydrogens is 418 g/mol. The summed E-state index contributed by atoms with van der Waals surface area (Å²) in [6.07, 6.45) is 1.94. The van der Waals surface area contributed by atoms with Gasteiger partial charge in [-0.15, -0.1) is 0 Å². The van der Waals surface area contributed by atoms with Crippen LogP contribution >= 0.6 is 0 Å². The average molecular weight is 452 g/mol. The van der Waals surface area contributed by atoms with E-state index in [0.29, 0.717) is 23.8 Å². The van der Waals surface area contributed by atoms with Gasteiger partial charge in [0.2, 0.25) is 0 Å². The highest BCUT2D eigenvalue weighted by Crippen LogP contribution is 2.39. The lowest BCUT2D eigenvalue weighted by molar-refractivity contribution is -0.140. The number of hydrogen-bond donors (Lipinski definition) is 1. The first-order chi connectivity index (χ1) is 15.9. The second kappa shape index (κ2) is 11.1. The minimum Gasteiger partial charge on any atom is -0.507 e. The van der Waals surface area contributed by atoms with Gasteiger partial charge < -0.3 is 19.5 Å². The molecule has 1 unspecified atom stereocenters. The summed E-state index contributed by atoms with van der Waals surface area (Å²) < 4.78 is 10.9. The number of aliphatic hydroxyl groups excluding tert-OH is 1. The molecule has 176 valence electrons. The summed E-state index contributed by atoms with van der Waals surface area (Å²) in [5.74, 6) is -0.568. The molecule has 1 aliphatic heterocycles. The van der Waals surface area contributed by atoms with E-state index in [4.69, 9.17) is 9.47 Å². The fraction of sp³-hybridized carbons (Fsp3) is 0.407. The predicted octanol–water partition coefficient (Wildman–Crippen LogP) is 5.06. The van der Waals surface area contributed by atoms with Crippen LogP contribution in [0.25, 0.3) is 5.76 Å². The molecule has 0 radical (unpaired) electrons. The molecule has 2 aromatic rings. The third-order valence-electron chi connectivity index (χ3n) is 5.87. The normalized spacial score (nSPS) is 17.7. The number of benzene rings is 2. The highest BCUT2D eigenvalue weighted by atomic mass is 16.5. The van der Waals surface area contributed by atoms with Crippen LogP contribution in [-0.4, -0.2) is 48.6 Å². The average Bonchev–Trinajstić information content (AvgIpc) is 3.07. The van der Waals surface area contributed by atoms with Crippen molar-refractivity contribution < 1.29 is 24.2 Å². The molecule has 1 atom stereocenters. The first kappa shape index (κ1) is 24.5. The van der Waals surface area contributed by atoms with Crippen LogP contribution in [-0.2, 0) is 14.3 Å². The van der Waals surface area contributed by atoms with Crippen molar-refractivity contribution in [3.63, 3.8) is 0 Å². The Morgan fingerprint density at radius 3 is 2.45 bits per heavy atom. The molecular formula is C27H33NO5. The largest absolute Gasteiger partial charge is 0.507 e. The Bertz CT molecular complexity index is 1010. The maximum atomic E-state index is 13.1. The number of rotatable bonds is 10. The molecule has 0 saturated carbocycles. The minimum atomic E-state index is -0.696. The Kier molecular flexibility index (Phi) is 8.28. The second-order valence-corrected chi connectivity index (χ2v) is 8.54. The summed E-state index contributed by atoms with van der Waals surface area (Å²) in [6.45, 7) is 7.40. The van der Waals surface area contributed by atoms with E-state index < -0.39 is 17.7 Å². The maximum absolute atomic E-state index is 13.1. The van der Waals surface area contributed by atoms with Crippen molar-refractivity contribution in [1.82, 2.24) is 4.90 Å². The van der Waals surface area contributed by atoms with E-state index >= 15 is 0 Å². The summed E-state index contributed by atoms with van der Waals surface area (Å²) in [5, 5.41) is 11.2. The number of likely N-dealkylation sites (tertiary alicyclic amines) is 1. The van der Waals surface area contributed by atoms with Crippen molar-refractivity contribution in [2.45, 2.75) is 45.6 Å². The van der Waals surface area contributed by atoms with Crippen molar-refractivity contribution in [3.8, 4) is 5.75 Å². The predicted molar refractivity (Wildman–Crippen MR) is 128 cm³/mol. The quantitative estimate of drug-likeness (QED) is 0.237. The van der Waals surface area contributed by atoms with Gasteiger partial charge in [0.15, 0.2) is 0 Å². The number of ether oxygens (including phenoxy) is 2. The van der Waals surface area contributed by atoms with E-state index in [9.17, 15) is 14.7 Å². The highest BCUT2D eigenvalue weighted by Gasteiger charge is 2.45. The molecule has 3 rings (SSSR count). The molecule has 0 spiro atoms. The molecule has 1 N–H and O–H groups in total. The molecule has 6 heteroatoms. The summed E-state index contributed by atoms with van der Waals surface area (Å²) in [5.41, 5.74) is 2.45. The van der Waals surface area contributed by atoms with Crippen molar-refractivity contribution in [3.05, 3.63) is 70.8 Å². The molecule has 2 aromatic carbocycles. The first-order valence-corrected chi connectivity index (χ1v) is 11.5. The number of carbonyl (C=O) groups excluding carboxylic acids is 2. The number of hydrogen-bond acceptors (Lipinski definition) is 5. The van der Waals surface area contributed by atoms with E-state index in [2.05, 4.69) is 20.8 Å². The molecule has 6 nitrogen and oxygen atoms in total. The van der Waals surface area contributed by atoms with Gasteiger partial charge >= 0.3 is 0 Å². The Labute approximate surface area is 195 Å². The van der Waals surface area contributed by atoms with Gasteiger partial charge in [0.1, 0.15) is 11.5 Å². The molecule has 0 aromatic heterocycles. The van der Waals surface area contributed by atoms with Gasteiger partial charge in [0.25, 0.3) is 11.7 Å². The summed E-state index contributed by atoms with van der Waals surface area (Å²) in [4.78, 5) is 27.5. The Morgan fingerprint density at radius 1 is 1.09 bits per heavy atom. The van der Waals surface area contributed by atoms with Crippen LogP contribution in [0.3, 0.4) is 0 Å². The monoisotopic (exact) mass is 451 g/mol. The van der Waals surface area contributed by atoms with Gasteiger partial charge in [-0.2, -0.15) is 0 Å². The van der Waals surface area contributed by atoms with E-state index in [0.717, 1.165) is 24.0 Å². The molecule has 0 bridgehead atoms. The molecule has 33 heavy (non-hydrogen) atoms. The Hall–Kier alpha value is -3.12. The lowest BCUT2D eigenvalue weighted by Crippen LogP contribution is -2.32. The van der Waals surface area contributed by atoms with E-state index in [-0.39, 0.29) is 24.5 Å². The van der Waals surface area contributed by atoms with Crippen LogP contribution < -0.4 is 4.74 Å². The minimum absolute atomic E-state index is 0.0825. The zero-order valence-electron chi connectivity index (χ0n) is 19.8. The number of carbonyl (C=O) groups is 2. The summed E-state index contributed by atoms with van der Waals surface area (Å²) in [7, 11) is 1.55. The molecule has 0 aliphatic carbocycles. The Balaban J connectivity index is 2.06. The molecule has 1 fully saturated rings. The van der Waals surface area contributed by atoms with Crippen LogP contribution in [0.15, 0.2) is 54.1 Å². The molecule has 1 amide bonds. The van der Waals surface area contributed by atoms with Crippen molar-refractivity contribution in [2.24, 2.45) is 0 Å². The SMILES string of the molecule is CCCCOc1cccc(C(O)=C2C(=O)C(=O)N(CCOC)C2c2ccc(C(C)C)cc2)c1. The maximum Gasteiger partial charge on any atom is 0.295 e. The van der Waals surface area contributed by atoms with Gasteiger partial charge in [-0.1, -0.05) is 63.6 Å². The number of methoxy groups -OCH3 is 1. The third kappa shape index (κ3) is 5.45. The number of nitrogens with zero attached hydrogens (tertiary/aromatic N) is 1. The molecule has 1 aliphatic rings. The zero-order chi connectivity index (χ0) is 24.0. The lowest BCUT2D eigenvalue weighted by Gasteiger charge is -2.25. The van der Waals surface area contributed by atoms with E-state index in [1.807, 2.05) is 30.3 Å². The van der Waals surface area contributed by atoms with Crippen molar-refractivity contribution >= 4 is 17.4 Å². The zero-order valence-corrected chi connectivity index (χ0v) is 19.8. The number of aliphatic hydroxyl groups is 1. The number of unbranched alkanes of at least 4 members (excludes halogenated alkanes) is 1. The van der Waals surface area contributed by atoms with E-state index in [1.165, 1.54) is 4.90 Å². The third-order valence-corrected chi connectivity index (χ3v) is 5.87. The van der Waals surface area contributed by atoms with Gasteiger partial charge in [-0.25, -0.2) is 0 Å². The van der Waals surface area contributed by atoms with Gasteiger partial charge in [-0.3, -0.25) is 9.59 Å². The first-order valence-electron chi connectivity index (χ1n) is 11.5. The molecule has 1 heterocycles. The standard InChI is InChI=1S/C27H33NO5/c1-5-6-15-33-22-9-7-8-21(17-22)25(29)23-24(20-12-10-19(11-13-20)18(2)3)28(14-16-32-4)27(31)26(23)30/h7-13,17-18,24,29H,5-6,14-16H2,1-4H3. The van der Waals surface area contributed by atoms with Crippen LogP contribution in [0.2, 0.25) is 0 Å². The van der Waals surface area contributed by atoms with Gasteiger partial charge in [0.05, 0.1) is 24.8 Å². The van der Waals surface area contributed by atoms with E-state index in [1.54, 1.807) is 25.3 Å². The lowest BCUT2D eigenvalue weighted by atomic mass is 9.93. The second-order valence-electron chi connectivity index (χ2n) is 8.54. The van der Waals surface area contributed by atoms with Crippen LogP contribution in [0.1, 0.15) is 62.3 Å². The van der Waals surface area contributed by atoms with Crippen LogP contribution in [0.5, 0.6) is 5.75 Å². The summed E-state index contributed by atoms with van der Waals surface area (Å²) >= 11 is 0. The number of Topliss-reactive ketones (excluding diaryl/α,β-unsaturated/α-hetero) is 1. The smallest absolute Gasteiger partial charge is 0.295 e. The molecule has 1 saturated heterocycles. The Morgan fingerprint density at radius 2 is 1.82 bits per heavy atom. The fourth-order valence-corrected chi connectivity index (χ4v) is 3.93. The number of ketones is 1. The van der Waals surface area contributed by atoms with Crippen LogP contribution in [0.4, 0.5) is 0 Å². The topological polar surface area (TPSA) is 76.1 Å². The summed E-state index contributed by atoms with van der Waals surface area (Å²) in [6, 6.07) is 14.1. The van der Waals surface area contributed by atoms with Crippen molar-refractivity contribution in [1.29, 1.82) is 0 Å². The van der Waals surface area contributed by atoms with Gasteiger partial charge in [-0.05, 0) is 35.6 Å². The van der Waals surface area contributed by atoms with Gasteiger partial charge in [0, 0.05) is 19.2 Å². The fourth-order valence-electron chi connectivity index (χ4n) is 3.93.